The lowest BCUT2D eigenvalue weighted by atomic mass is 9.86. The molecule has 0 atom stereocenters. The Morgan fingerprint density at radius 2 is 2.24 bits per heavy atom. The molecule has 21 heavy (non-hydrogen) atoms. The topological polar surface area (TPSA) is 69.9 Å². The summed E-state index contributed by atoms with van der Waals surface area (Å²) in [4.78, 5) is 15.6. The molecule has 0 unspecified atom stereocenters. The van der Waals surface area contributed by atoms with E-state index >= 15 is 0 Å². The molecule has 6 nitrogen and oxygen atoms in total. The predicted molar refractivity (Wildman–Crippen MR) is 77.2 cm³/mol. The van der Waals surface area contributed by atoms with E-state index in [0.29, 0.717) is 23.0 Å². The number of aryl methyl sites for hydroxylation is 2. The van der Waals surface area contributed by atoms with Gasteiger partial charge in [0.05, 0.1) is 18.0 Å². The fourth-order valence-electron chi connectivity index (χ4n) is 2.38. The molecule has 0 bridgehead atoms. The summed E-state index contributed by atoms with van der Waals surface area (Å²) in [5, 5.41) is 7.86. The fraction of sp³-hybridized carbons (Fsp3) is 0.467. The van der Waals surface area contributed by atoms with Crippen molar-refractivity contribution in [2.75, 3.05) is 6.61 Å². The zero-order chi connectivity index (χ0) is 14.8. The van der Waals surface area contributed by atoms with Gasteiger partial charge in [0, 0.05) is 7.05 Å². The molecular weight excluding hydrogens is 268 g/mol. The highest BCUT2D eigenvalue weighted by Crippen LogP contribution is 2.28. The Morgan fingerprint density at radius 3 is 2.86 bits per heavy atom. The van der Waals surface area contributed by atoms with Gasteiger partial charge in [-0.1, -0.05) is 11.6 Å². The normalized spacial score (nSPS) is 14.8. The number of aromatic nitrogens is 4. The van der Waals surface area contributed by atoms with Crippen molar-refractivity contribution in [1.29, 1.82) is 0 Å². The van der Waals surface area contributed by atoms with E-state index in [9.17, 15) is 4.79 Å². The minimum atomic E-state index is 0.421. The summed E-state index contributed by atoms with van der Waals surface area (Å²) >= 11 is 0. The molecule has 0 radical (unpaired) electrons. The molecule has 1 aliphatic rings. The smallest absolute Gasteiger partial charge is 0.170 e. The van der Waals surface area contributed by atoms with Crippen molar-refractivity contribution in [2.45, 2.75) is 26.2 Å². The van der Waals surface area contributed by atoms with Gasteiger partial charge in [-0.3, -0.25) is 4.79 Å². The van der Waals surface area contributed by atoms with Crippen LogP contribution < -0.4 is 4.74 Å². The minimum Gasteiger partial charge on any atom is -0.491 e. The molecule has 1 aliphatic carbocycles. The Morgan fingerprint density at radius 1 is 1.43 bits per heavy atom. The van der Waals surface area contributed by atoms with Crippen LogP contribution in [0.5, 0.6) is 5.75 Å². The molecule has 2 heterocycles. The van der Waals surface area contributed by atoms with E-state index in [0.717, 1.165) is 24.3 Å². The largest absolute Gasteiger partial charge is 0.491 e. The molecule has 0 amide bonds. The predicted octanol–water partition coefficient (Wildman–Crippen LogP) is 2.18. The van der Waals surface area contributed by atoms with Gasteiger partial charge >= 0.3 is 0 Å². The van der Waals surface area contributed by atoms with Crippen molar-refractivity contribution in [3.05, 3.63) is 23.5 Å². The van der Waals surface area contributed by atoms with Gasteiger partial charge in [-0.2, -0.15) is 0 Å². The van der Waals surface area contributed by atoms with E-state index in [1.165, 1.54) is 23.9 Å². The summed E-state index contributed by atoms with van der Waals surface area (Å²) in [6.07, 6.45) is 4.57. The summed E-state index contributed by atoms with van der Waals surface area (Å²) in [7, 11) is 1.68. The maximum atomic E-state index is 11.1. The molecule has 6 heteroatoms. The van der Waals surface area contributed by atoms with E-state index in [4.69, 9.17) is 4.74 Å². The fourth-order valence-corrected chi connectivity index (χ4v) is 2.38. The summed E-state index contributed by atoms with van der Waals surface area (Å²) in [5.41, 5.74) is 2.36. The molecule has 0 aromatic carbocycles. The highest BCUT2D eigenvalue weighted by Gasteiger charge is 2.19. The maximum Gasteiger partial charge on any atom is 0.170 e. The van der Waals surface area contributed by atoms with E-state index in [-0.39, 0.29) is 0 Å². The lowest BCUT2D eigenvalue weighted by molar-refractivity contribution is 0.111. The number of hydrogen-bond donors (Lipinski definition) is 0. The Labute approximate surface area is 123 Å². The first kappa shape index (κ1) is 13.7. The van der Waals surface area contributed by atoms with Crippen LogP contribution in [0.2, 0.25) is 0 Å². The summed E-state index contributed by atoms with van der Waals surface area (Å²) in [6.45, 7) is 2.66. The van der Waals surface area contributed by atoms with Gasteiger partial charge < -0.3 is 4.74 Å². The van der Waals surface area contributed by atoms with E-state index in [1.54, 1.807) is 7.05 Å². The molecule has 110 valence electrons. The first-order valence-corrected chi connectivity index (χ1v) is 7.14. The van der Waals surface area contributed by atoms with Crippen LogP contribution in [-0.4, -0.2) is 32.9 Å². The van der Waals surface area contributed by atoms with Crippen molar-refractivity contribution in [3.63, 3.8) is 0 Å². The first-order valence-electron chi connectivity index (χ1n) is 7.14. The van der Waals surface area contributed by atoms with Crippen molar-refractivity contribution < 1.29 is 9.53 Å². The van der Waals surface area contributed by atoms with Crippen LogP contribution in [0, 0.1) is 12.8 Å². The molecule has 1 fully saturated rings. The Balaban J connectivity index is 1.81. The summed E-state index contributed by atoms with van der Waals surface area (Å²) < 4.78 is 7.26. The molecule has 0 spiro atoms. The second-order valence-corrected chi connectivity index (χ2v) is 5.45. The van der Waals surface area contributed by atoms with Crippen molar-refractivity contribution in [3.8, 4) is 17.1 Å². The standard InChI is InChI=1S/C15H18N4O2/c1-10-14(21-9-11-4-3-5-11)7-6-12(16-10)15-13(8-20)19(2)18-17-15/h6-8,11H,3-5,9H2,1-2H3. The van der Waals surface area contributed by atoms with Crippen molar-refractivity contribution in [2.24, 2.45) is 13.0 Å². The molecule has 0 aliphatic heterocycles. The Hall–Kier alpha value is -2.24. The van der Waals surface area contributed by atoms with Crippen LogP contribution >= 0.6 is 0 Å². The van der Waals surface area contributed by atoms with E-state index in [1.807, 2.05) is 19.1 Å². The number of carbonyl (C=O) groups excluding carboxylic acids is 1. The summed E-state index contributed by atoms with van der Waals surface area (Å²) in [5.74, 6) is 1.48. The van der Waals surface area contributed by atoms with Gasteiger partial charge in [-0.05, 0) is 37.8 Å². The highest BCUT2D eigenvalue weighted by atomic mass is 16.5. The van der Waals surface area contributed by atoms with Crippen LogP contribution in [0.15, 0.2) is 12.1 Å². The number of hydrogen-bond acceptors (Lipinski definition) is 5. The third-order valence-corrected chi connectivity index (χ3v) is 3.96. The van der Waals surface area contributed by atoms with Gasteiger partial charge in [-0.25, -0.2) is 9.67 Å². The molecule has 3 rings (SSSR count). The highest BCUT2D eigenvalue weighted by molar-refractivity contribution is 5.82. The molecule has 0 N–H and O–H groups in total. The van der Waals surface area contributed by atoms with Crippen molar-refractivity contribution >= 4 is 6.29 Å². The number of aldehydes is 1. The third-order valence-electron chi connectivity index (χ3n) is 3.96. The SMILES string of the molecule is Cc1nc(-c2nnn(C)c2C=O)ccc1OCC1CCC1. The number of ether oxygens (including phenoxy) is 1. The number of rotatable bonds is 5. The molecule has 0 saturated heterocycles. The zero-order valence-electron chi connectivity index (χ0n) is 12.2. The van der Waals surface area contributed by atoms with Gasteiger partial charge in [0.1, 0.15) is 17.1 Å². The third kappa shape index (κ3) is 2.66. The molecule has 2 aromatic heterocycles. The average molecular weight is 286 g/mol. The lowest BCUT2D eigenvalue weighted by Gasteiger charge is -2.25. The second kappa shape index (κ2) is 5.63. The monoisotopic (exact) mass is 286 g/mol. The Kier molecular flexibility index (Phi) is 3.68. The minimum absolute atomic E-state index is 0.421. The van der Waals surface area contributed by atoms with E-state index < -0.39 is 0 Å². The van der Waals surface area contributed by atoms with Crippen LogP contribution in [0.3, 0.4) is 0 Å². The second-order valence-electron chi connectivity index (χ2n) is 5.45. The van der Waals surface area contributed by atoms with Gasteiger partial charge in [0.25, 0.3) is 0 Å². The van der Waals surface area contributed by atoms with E-state index in [2.05, 4.69) is 15.3 Å². The zero-order valence-corrected chi connectivity index (χ0v) is 12.2. The molecule has 1 saturated carbocycles. The van der Waals surface area contributed by atoms with Gasteiger partial charge in [0.15, 0.2) is 6.29 Å². The van der Waals surface area contributed by atoms with Crippen LogP contribution in [0.1, 0.15) is 35.4 Å². The Bertz CT molecular complexity index is 662. The molecular formula is C15H18N4O2. The van der Waals surface area contributed by atoms with Crippen molar-refractivity contribution in [1.82, 2.24) is 20.0 Å². The first-order chi connectivity index (χ1) is 10.2. The summed E-state index contributed by atoms with van der Waals surface area (Å²) in [6, 6.07) is 3.71. The van der Waals surface area contributed by atoms with Crippen LogP contribution in [0.4, 0.5) is 0 Å². The lowest BCUT2D eigenvalue weighted by Crippen LogP contribution is -2.19. The van der Waals surface area contributed by atoms with Crippen LogP contribution in [-0.2, 0) is 7.05 Å². The number of carbonyl (C=O) groups is 1. The van der Waals surface area contributed by atoms with Gasteiger partial charge in [0.2, 0.25) is 0 Å². The quantitative estimate of drug-likeness (QED) is 0.788. The maximum absolute atomic E-state index is 11.1. The molecule has 2 aromatic rings. The van der Waals surface area contributed by atoms with Gasteiger partial charge in [-0.15, -0.1) is 5.10 Å². The van der Waals surface area contributed by atoms with Crippen LogP contribution in [0.25, 0.3) is 11.4 Å². The average Bonchev–Trinajstić information content (AvgIpc) is 2.79. The number of pyridine rings is 1. The number of nitrogens with zero attached hydrogens (tertiary/aromatic N) is 4.